The van der Waals surface area contributed by atoms with Gasteiger partial charge in [-0.2, -0.15) is 0 Å². The largest absolute Gasteiger partial charge is 0.491 e. The summed E-state index contributed by atoms with van der Waals surface area (Å²) >= 11 is 0. The summed E-state index contributed by atoms with van der Waals surface area (Å²) in [4.78, 5) is 1.56. The van der Waals surface area contributed by atoms with Crippen molar-refractivity contribution in [3.63, 3.8) is 0 Å². The standard InChI is InChI=1S/C16H25NO3/c1-3-14(2)20-16-6-4-5-15(13-16)19-12-9-17-7-10-18-11-8-17/h4-6,13-14H,3,7-12H2,1-2H3/p+1/t14-/m1/s1. The first-order chi connectivity index (χ1) is 9.78. The van der Waals surface area contributed by atoms with E-state index in [1.165, 1.54) is 0 Å². The van der Waals surface area contributed by atoms with Crippen molar-refractivity contribution in [1.82, 2.24) is 0 Å². The van der Waals surface area contributed by atoms with Gasteiger partial charge in [-0.05, 0) is 25.5 Å². The van der Waals surface area contributed by atoms with Crippen molar-refractivity contribution in [2.24, 2.45) is 0 Å². The lowest BCUT2D eigenvalue weighted by Crippen LogP contribution is -3.14. The molecule has 1 aromatic carbocycles. The highest BCUT2D eigenvalue weighted by Gasteiger charge is 2.13. The van der Waals surface area contributed by atoms with E-state index >= 15 is 0 Å². The zero-order valence-corrected chi connectivity index (χ0v) is 12.6. The van der Waals surface area contributed by atoms with E-state index in [9.17, 15) is 0 Å². The lowest BCUT2D eigenvalue weighted by atomic mass is 10.3. The number of hydrogen-bond acceptors (Lipinski definition) is 3. The Morgan fingerprint density at radius 2 is 2.00 bits per heavy atom. The Kier molecular flexibility index (Phi) is 6.15. The summed E-state index contributed by atoms with van der Waals surface area (Å²) in [5.41, 5.74) is 0. The minimum absolute atomic E-state index is 0.239. The first kappa shape index (κ1) is 15.1. The second-order valence-electron chi connectivity index (χ2n) is 5.27. The van der Waals surface area contributed by atoms with Gasteiger partial charge in [0.25, 0.3) is 0 Å². The average molecular weight is 280 g/mol. The van der Waals surface area contributed by atoms with Crippen LogP contribution in [0, 0.1) is 0 Å². The summed E-state index contributed by atoms with van der Waals surface area (Å²) in [5, 5.41) is 0. The lowest BCUT2D eigenvalue weighted by molar-refractivity contribution is -0.908. The van der Waals surface area contributed by atoms with Gasteiger partial charge in [-0.3, -0.25) is 0 Å². The van der Waals surface area contributed by atoms with Crippen LogP contribution in [-0.4, -0.2) is 45.6 Å². The summed E-state index contributed by atoms with van der Waals surface area (Å²) < 4.78 is 17.0. The molecule has 4 nitrogen and oxygen atoms in total. The van der Waals surface area contributed by atoms with Gasteiger partial charge >= 0.3 is 0 Å². The number of benzene rings is 1. The third-order valence-corrected chi connectivity index (χ3v) is 3.64. The maximum atomic E-state index is 5.82. The Morgan fingerprint density at radius 3 is 2.75 bits per heavy atom. The molecule has 112 valence electrons. The van der Waals surface area contributed by atoms with Crippen LogP contribution < -0.4 is 14.4 Å². The van der Waals surface area contributed by atoms with E-state index in [4.69, 9.17) is 14.2 Å². The number of morpholine rings is 1. The van der Waals surface area contributed by atoms with Gasteiger partial charge in [0.05, 0.1) is 19.3 Å². The van der Waals surface area contributed by atoms with Gasteiger partial charge in [0.1, 0.15) is 37.7 Å². The predicted octanol–water partition coefficient (Wildman–Crippen LogP) is 1.16. The quantitative estimate of drug-likeness (QED) is 0.813. The third kappa shape index (κ3) is 5.02. The van der Waals surface area contributed by atoms with E-state index in [1.807, 2.05) is 24.3 Å². The van der Waals surface area contributed by atoms with Crippen molar-refractivity contribution in [3.8, 4) is 11.5 Å². The van der Waals surface area contributed by atoms with Crippen molar-refractivity contribution >= 4 is 0 Å². The molecule has 0 aliphatic carbocycles. The van der Waals surface area contributed by atoms with Crippen LogP contribution in [0.25, 0.3) is 0 Å². The molecule has 1 heterocycles. The molecule has 1 aromatic rings. The van der Waals surface area contributed by atoms with Crippen molar-refractivity contribution in [2.45, 2.75) is 26.4 Å². The van der Waals surface area contributed by atoms with Crippen LogP contribution >= 0.6 is 0 Å². The van der Waals surface area contributed by atoms with E-state index < -0.39 is 0 Å². The van der Waals surface area contributed by atoms with E-state index in [-0.39, 0.29) is 6.10 Å². The van der Waals surface area contributed by atoms with Crippen molar-refractivity contribution < 1.29 is 19.1 Å². The molecule has 1 N–H and O–H groups in total. The highest BCUT2D eigenvalue weighted by molar-refractivity contribution is 5.33. The molecule has 1 aliphatic rings. The normalized spacial score (nSPS) is 17.7. The molecular weight excluding hydrogens is 254 g/mol. The fourth-order valence-electron chi connectivity index (χ4n) is 2.18. The van der Waals surface area contributed by atoms with Crippen molar-refractivity contribution in [2.75, 3.05) is 39.5 Å². The summed E-state index contributed by atoms with van der Waals surface area (Å²) in [5.74, 6) is 1.77. The molecule has 0 aromatic heterocycles. The minimum Gasteiger partial charge on any atom is -0.491 e. The zero-order chi connectivity index (χ0) is 14.2. The number of hydrogen-bond donors (Lipinski definition) is 1. The topological polar surface area (TPSA) is 32.1 Å². The maximum Gasteiger partial charge on any atom is 0.137 e. The first-order valence-corrected chi connectivity index (χ1v) is 7.58. The molecule has 20 heavy (non-hydrogen) atoms. The van der Waals surface area contributed by atoms with Gasteiger partial charge in [-0.25, -0.2) is 0 Å². The van der Waals surface area contributed by atoms with Crippen LogP contribution in [-0.2, 0) is 4.74 Å². The Morgan fingerprint density at radius 1 is 1.25 bits per heavy atom. The van der Waals surface area contributed by atoms with Gasteiger partial charge in [0, 0.05) is 6.07 Å². The number of quaternary nitrogens is 1. The summed E-state index contributed by atoms with van der Waals surface area (Å²) in [6.07, 6.45) is 1.24. The lowest BCUT2D eigenvalue weighted by Gasteiger charge is -2.23. The Balaban J connectivity index is 1.75. The third-order valence-electron chi connectivity index (χ3n) is 3.64. The fraction of sp³-hybridized carbons (Fsp3) is 0.625. The molecule has 4 heteroatoms. The van der Waals surface area contributed by atoms with Crippen LogP contribution in [0.2, 0.25) is 0 Å². The number of nitrogens with one attached hydrogen (secondary N) is 1. The maximum absolute atomic E-state index is 5.82. The Hall–Kier alpha value is -1.26. The van der Waals surface area contributed by atoms with E-state index in [0.29, 0.717) is 0 Å². The molecular formula is C16H26NO3+. The van der Waals surface area contributed by atoms with Crippen LogP contribution in [0.15, 0.2) is 24.3 Å². The molecule has 0 radical (unpaired) electrons. The Bertz CT molecular complexity index is 391. The first-order valence-electron chi connectivity index (χ1n) is 7.58. The summed E-state index contributed by atoms with van der Waals surface area (Å²) in [6.45, 7) is 9.87. The second kappa shape index (κ2) is 8.12. The minimum atomic E-state index is 0.239. The molecule has 2 rings (SSSR count). The average Bonchev–Trinajstić information content (AvgIpc) is 2.48. The monoisotopic (exact) mass is 280 g/mol. The predicted molar refractivity (Wildman–Crippen MR) is 78.7 cm³/mol. The van der Waals surface area contributed by atoms with Gasteiger partial charge in [-0.1, -0.05) is 13.0 Å². The fourth-order valence-corrected chi connectivity index (χ4v) is 2.18. The smallest absolute Gasteiger partial charge is 0.137 e. The van der Waals surface area contributed by atoms with Gasteiger partial charge in [-0.15, -0.1) is 0 Å². The summed E-state index contributed by atoms with van der Waals surface area (Å²) in [6, 6.07) is 7.92. The van der Waals surface area contributed by atoms with Crippen LogP contribution in [0.3, 0.4) is 0 Å². The van der Waals surface area contributed by atoms with Crippen molar-refractivity contribution in [1.29, 1.82) is 0 Å². The second-order valence-corrected chi connectivity index (χ2v) is 5.27. The van der Waals surface area contributed by atoms with Crippen LogP contribution in [0.5, 0.6) is 11.5 Å². The zero-order valence-electron chi connectivity index (χ0n) is 12.6. The SMILES string of the molecule is CC[C@@H](C)Oc1cccc(OCC[NH+]2CCOCC2)c1. The Labute approximate surface area is 121 Å². The number of rotatable bonds is 7. The molecule has 0 amide bonds. The molecule has 1 aliphatic heterocycles. The molecule has 0 unspecified atom stereocenters. The van der Waals surface area contributed by atoms with Crippen LogP contribution in [0.4, 0.5) is 0 Å². The molecule has 1 fully saturated rings. The highest BCUT2D eigenvalue weighted by Crippen LogP contribution is 2.20. The van der Waals surface area contributed by atoms with E-state index in [1.54, 1.807) is 4.90 Å². The van der Waals surface area contributed by atoms with Crippen molar-refractivity contribution in [3.05, 3.63) is 24.3 Å². The van der Waals surface area contributed by atoms with Gasteiger partial charge < -0.3 is 19.1 Å². The summed E-state index contributed by atoms with van der Waals surface area (Å²) in [7, 11) is 0. The molecule has 0 spiro atoms. The molecule has 1 atom stereocenters. The van der Waals surface area contributed by atoms with Gasteiger partial charge in [0.2, 0.25) is 0 Å². The van der Waals surface area contributed by atoms with Gasteiger partial charge in [0.15, 0.2) is 0 Å². The molecule has 1 saturated heterocycles. The van der Waals surface area contributed by atoms with E-state index in [0.717, 1.165) is 57.4 Å². The molecule has 0 bridgehead atoms. The van der Waals surface area contributed by atoms with Crippen LogP contribution in [0.1, 0.15) is 20.3 Å². The van der Waals surface area contributed by atoms with E-state index in [2.05, 4.69) is 13.8 Å². The number of ether oxygens (including phenoxy) is 3. The highest BCUT2D eigenvalue weighted by atomic mass is 16.5. The molecule has 0 saturated carbocycles.